The van der Waals surface area contributed by atoms with E-state index in [-0.39, 0.29) is 17.2 Å². The van der Waals surface area contributed by atoms with Crippen LogP contribution in [0.3, 0.4) is 0 Å². The number of carbonyl (C=O) groups is 1. The first-order valence-electron chi connectivity index (χ1n) is 7.36. The third-order valence-electron chi connectivity index (χ3n) is 3.31. The number of carbonyl (C=O) groups excluding carboxylic acids is 1. The Morgan fingerprint density at radius 3 is 2.95 bits per heavy atom. The molecule has 1 aliphatic heterocycles. The number of hydrogen-bond donors (Lipinski definition) is 1. The largest absolute Gasteiger partial charge is 0.353 e. The summed E-state index contributed by atoms with van der Waals surface area (Å²) in [6, 6.07) is 8.42. The Hall–Kier alpha value is -0.940. The van der Waals surface area contributed by atoms with Gasteiger partial charge in [0.25, 0.3) is 0 Å². The van der Waals surface area contributed by atoms with Crippen LogP contribution in [0.5, 0.6) is 0 Å². The fourth-order valence-corrected chi connectivity index (χ4v) is 4.34. The summed E-state index contributed by atoms with van der Waals surface area (Å²) < 4.78 is 0.986. The molecule has 114 valence electrons. The molecular formula is C16H22N2OS2. The molecule has 0 aromatic heterocycles. The Morgan fingerprint density at radius 2 is 2.19 bits per heavy atom. The molecule has 0 radical (unpaired) electrons. The molecule has 0 spiro atoms. The minimum absolute atomic E-state index is 0.100. The quantitative estimate of drug-likeness (QED) is 0.876. The number of nitrogens with one attached hydrogen (secondary N) is 1. The van der Waals surface area contributed by atoms with Crippen LogP contribution in [-0.2, 0) is 10.5 Å². The van der Waals surface area contributed by atoms with E-state index in [1.54, 1.807) is 23.5 Å². The van der Waals surface area contributed by atoms with Crippen molar-refractivity contribution in [1.82, 2.24) is 5.32 Å². The molecule has 1 amide bonds. The molecular weight excluding hydrogens is 300 g/mol. The molecule has 1 heterocycles. The van der Waals surface area contributed by atoms with E-state index >= 15 is 0 Å². The second kappa shape index (κ2) is 7.90. The topological polar surface area (TPSA) is 41.5 Å². The Balaban J connectivity index is 1.93. The highest BCUT2D eigenvalue weighted by atomic mass is 32.2. The van der Waals surface area contributed by atoms with Gasteiger partial charge in [0.15, 0.2) is 0 Å². The van der Waals surface area contributed by atoms with Gasteiger partial charge < -0.3 is 5.32 Å². The number of rotatable bonds is 5. The predicted molar refractivity (Wildman–Crippen MR) is 94.4 cm³/mol. The first-order valence-corrected chi connectivity index (χ1v) is 9.23. The Bertz CT molecular complexity index is 531. The highest BCUT2D eigenvalue weighted by Gasteiger charge is 2.20. The van der Waals surface area contributed by atoms with E-state index in [0.29, 0.717) is 0 Å². The number of para-hydroxylation sites is 1. The van der Waals surface area contributed by atoms with E-state index in [0.717, 1.165) is 28.7 Å². The summed E-state index contributed by atoms with van der Waals surface area (Å²) in [4.78, 5) is 16.8. The summed E-state index contributed by atoms with van der Waals surface area (Å²) in [5.41, 5.74) is 2.30. The van der Waals surface area contributed by atoms with Crippen molar-refractivity contribution in [3.63, 3.8) is 0 Å². The van der Waals surface area contributed by atoms with E-state index in [1.165, 1.54) is 5.56 Å². The number of benzene rings is 1. The first kappa shape index (κ1) is 16.4. The minimum Gasteiger partial charge on any atom is -0.353 e. The van der Waals surface area contributed by atoms with Crippen LogP contribution >= 0.6 is 23.5 Å². The van der Waals surface area contributed by atoms with Gasteiger partial charge in [-0.2, -0.15) is 0 Å². The van der Waals surface area contributed by atoms with Crippen molar-refractivity contribution in [1.29, 1.82) is 0 Å². The van der Waals surface area contributed by atoms with Crippen LogP contribution in [0.4, 0.5) is 5.69 Å². The van der Waals surface area contributed by atoms with Gasteiger partial charge in [-0.15, -0.1) is 0 Å². The molecule has 5 heteroatoms. The molecule has 0 saturated carbocycles. The van der Waals surface area contributed by atoms with E-state index in [2.05, 4.69) is 30.2 Å². The zero-order valence-electron chi connectivity index (χ0n) is 12.8. The van der Waals surface area contributed by atoms with Crippen LogP contribution in [0.15, 0.2) is 29.3 Å². The fourth-order valence-electron chi connectivity index (χ4n) is 2.14. The van der Waals surface area contributed by atoms with Crippen LogP contribution in [0, 0.1) is 0 Å². The van der Waals surface area contributed by atoms with Crippen LogP contribution in [0.25, 0.3) is 0 Å². The molecule has 0 unspecified atom stereocenters. The lowest BCUT2D eigenvalue weighted by Gasteiger charge is -2.19. The molecule has 2 rings (SSSR count). The van der Waals surface area contributed by atoms with E-state index < -0.39 is 0 Å². The fraction of sp³-hybridized carbons (Fsp3) is 0.500. The highest BCUT2D eigenvalue weighted by molar-refractivity contribution is 8.39. The number of hydrogen-bond acceptors (Lipinski definition) is 4. The molecule has 1 aromatic carbocycles. The van der Waals surface area contributed by atoms with Gasteiger partial charge in [-0.25, -0.2) is 4.99 Å². The summed E-state index contributed by atoms with van der Waals surface area (Å²) in [7, 11) is 0. The van der Waals surface area contributed by atoms with Gasteiger partial charge in [-0.3, -0.25) is 4.79 Å². The maximum absolute atomic E-state index is 12.2. The number of amides is 1. The van der Waals surface area contributed by atoms with E-state index in [9.17, 15) is 4.79 Å². The summed E-state index contributed by atoms with van der Waals surface area (Å²) in [5.74, 6) is 1.03. The third-order valence-corrected chi connectivity index (χ3v) is 5.61. The maximum atomic E-state index is 12.2. The number of aliphatic imine (C=N–C) groups is 1. The Labute approximate surface area is 135 Å². The second-order valence-corrected chi connectivity index (χ2v) is 7.81. The van der Waals surface area contributed by atoms with Gasteiger partial charge in [0.1, 0.15) is 4.38 Å². The van der Waals surface area contributed by atoms with Gasteiger partial charge in [-0.05, 0) is 31.9 Å². The van der Waals surface area contributed by atoms with Gasteiger partial charge in [0, 0.05) is 11.8 Å². The SMILES string of the molecule is CCC[C@H](C)NC(=O)[C@H](C)SC1=Nc2ccccc2CS1. The zero-order chi connectivity index (χ0) is 15.2. The summed E-state index contributed by atoms with van der Waals surface area (Å²) in [6.07, 6.45) is 2.11. The second-order valence-electron chi connectivity index (χ2n) is 5.25. The predicted octanol–water partition coefficient (Wildman–Crippen LogP) is 4.35. The molecule has 2 atom stereocenters. The van der Waals surface area contributed by atoms with Gasteiger partial charge in [0.05, 0.1) is 10.9 Å². The third kappa shape index (κ3) is 4.78. The van der Waals surface area contributed by atoms with Crippen molar-refractivity contribution in [2.24, 2.45) is 4.99 Å². The van der Waals surface area contributed by atoms with Crippen LogP contribution in [-0.4, -0.2) is 21.6 Å². The van der Waals surface area contributed by atoms with Crippen molar-refractivity contribution in [3.8, 4) is 0 Å². The lowest BCUT2D eigenvalue weighted by Crippen LogP contribution is -2.37. The minimum atomic E-state index is -0.110. The van der Waals surface area contributed by atoms with Crippen molar-refractivity contribution in [2.45, 2.75) is 50.7 Å². The first-order chi connectivity index (χ1) is 10.1. The summed E-state index contributed by atoms with van der Waals surface area (Å²) in [5, 5.41) is 2.95. The average Bonchev–Trinajstić information content (AvgIpc) is 2.47. The van der Waals surface area contributed by atoms with E-state index in [1.807, 2.05) is 25.1 Å². The lowest BCUT2D eigenvalue weighted by molar-refractivity contribution is -0.120. The van der Waals surface area contributed by atoms with Crippen molar-refractivity contribution in [3.05, 3.63) is 29.8 Å². The number of nitrogens with zero attached hydrogens (tertiary/aromatic N) is 1. The van der Waals surface area contributed by atoms with Crippen LogP contribution in [0.1, 0.15) is 39.2 Å². The Kier molecular flexibility index (Phi) is 6.18. The maximum Gasteiger partial charge on any atom is 0.233 e. The van der Waals surface area contributed by atoms with Gasteiger partial charge in [0.2, 0.25) is 5.91 Å². The normalized spacial score (nSPS) is 16.6. The van der Waals surface area contributed by atoms with Crippen molar-refractivity contribution in [2.75, 3.05) is 0 Å². The molecule has 0 fully saturated rings. The molecule has 1 aromatic rings. The van der Waals surface area contributed by atoms with Crippen molar-refractivity contribution >= 4 is 39.5 Å². The standard InChI is InChI=1S/C16H22N2OS2/c1-4-7-11(2)17-15(19)12(3)21-16-18-14-9-6-5-8-13(14)10-20-16/h5-6,8-9,11-12H,4,7,10H2,1-3H3,(H,17,19)/t11-,12-/m0/s1. The summed E-state index contributed by atoms with van der Waals surface area (Å²) >= 11 is 3.27. The molecule has 3 nitrogen and oxygen atoms in total. The molecule has 0 bridgehead atoms. The highest BCUT2D eigenvalue weighted by Crippen LogP contribution is 2.35. The average molecular weight is 322 g/mol. The Morgan fingerprint density at radius 1 is 1.43 bits per heavy atom. The molecule has 1 aliphatic rings. The smallest absolute Gasteiger partial charge is 0.233 e. The lowest BCUT2D eigenvalue weighted by atomic mass is 10.2. The van der Waals surface area contributed by atoms with Gasteiger partial charge in [-0.1, -0.05) is 55.1 Å². The van der Waals surface area contributed by atoms with Crippen LogP contribution in [0.2, 0.25) is 0 Å². The monoisotopic (exact) mass is 322 g/mol. The molecule has 0 saturated heterocycles. The van der Waals surface area contributed by atoms with E-state index in [4.69, 9.17) is 0 Å². The number of fused-ring (bicyclic) bond motifs is 1. The number of thioether (sulfide) groups is 2. The van der Waals surface area contributed by atoms with Crippen molar-refractivity contribution < 1.29 is 4.79 Å². The molecule has 1 N–H and O–H groups in total. The summed E-state index contributed by atoms with van der Waals surface area (Å²) in [6.45, 7) is 6.13. The molecule has 21 heavy (non-hydrogen) atoms. The molecule has 0 aliphatic carbocycles. The van der Waals surface area contributed by atoms with Gasteiger partial charge >= 0.3 is 0 Å². The van der Waals surface area contributed by atoms with Crippen LogP contribution < -0.4 is 5.32 Å². The zero-order valence-corrected chi connectivity index (χ0v) is 14.4.